The van der Waals surface area contributed by atoms with E-state index in [9.17, 15) is 14.7 Å². The van der Waals surface area contributed by atoms with Crippen molar-refractivity contribution in [2.24, 2.45) is 5.92 Å². The average Bonchev–Trinajstić information content (AvgIpc) is 2.14. The molecule has 0 aromatic carbocycles. The fourth-order valence-electron chi connectivity index (χ4n) is 1.67. The van der Waals surface area contributed by atoms with Gasteiger partial charge < -0.3 is 19.8 Å². The number of hydrogen-bond acceptors (Lipinski definition) is 4. The van der Waals surface area contributed by atoms with Gasteiger partial charge in [0, 0.05) is 13.1 Å². The van der Waals surface area contributed by atoms with Crippen LogP contribution in [0.15, 0.2) is 0 Å². The molecule has 1 saturated heterocycles. The summed E-state index contributed by atoms with van der Waals surface area (Å²) in [6.07, 6.45) is -1.17. The number of piperidine rings is 1. The first-order valence-corrected chi connectivity index (χ1v) is 5.59. The summed E-state index contributed by atoms with van der Waals surface area (Å²) in [5, 5.41) is 18.4. The number of hydrogen-bond donors (Lipinski definition) is 2. The lowest BCUT2D eigenvalue weighted by molar-refractivity contribution is -0.148. The molecule has 98 valence electrons. The maximum atomic E-state index is 11.7. The SMILES string of the molecule is CC(C)(C)OC(=O)N1CC[C@H](O)[C@H](C(=O)O)C1. The molecule has 0 aromatic rings. The summed E-state index contributed by atoms with van der Waals surface area (Å²) in [5.74, 6) is -2.03. The van der Waals surface area contributed by atoms with Gasteiger partial charge in [0.05, 0.1) is 6.10 Å². The largest absolute Gasteiger partial charge is 0.481 e. The molecular weight excluding hydrogens is 226 g/mol. The molecule has 0 spiro atoms. The van der Waals surface area contributed by atoms with Gasteiger partial charge >= 0.3 is 12.1 Å². The van der Waals surface area contributed by atoms with Crippen LogP contribution in [0.25, 0.3) is 0 Å². The van der Waals surface area contributed by atoms with Gasteiger partial charge in [-0.15, -0.1) is 0 Å². The standard InChI is InChI=1S/C11H19NO5/c1-11(2,3)17-10(16)12-5-4-8(13)7(6-12)9(14)15/h7-8,13H,4-6H2,1-3H3,(H,14,15)/t7-,8+/m1/s1. The summed E-state index contributed by atoms with van der Waals surface area (Å²) in [6.45, 7) is 5.56. The summed E-state index contributed by atoms with van der Waals surface area (Å²) in [7, 11) is 0. The molecule has 17 heavy (non-hydrogen) atoms. The van der Waals surface area contributed by atoms with Crippen molar-refractivity contribution in [3.63, 3.8) is 0 Å². The molecule has 0 radical (unpaired) electrons. The van der Waals surface area contributed by atoms with Crippen molar-refractivity contribution in [3.8, 4) is 0 Å². The van der Waals surface area contributed by atoms with Gasteiger partial charge in [-0.25, -0.2) is 4.79 Å². The lowest BCUT2D eigenvalue weighted by Crippen LogP contribution is -2.50. The highest BCUT2D eigenvalue weighted by Gasteiger charge is 2.36. The molecule has 2 N–H and O–H groups in total. The molecular formula is C11H19NO5. The minimum Gasteiger partial charge on any atom is -0.481 e. The van der Waals surface area contributed by atoms with Gasteiger partial charge in [-0.2, -0.15) is 0 Å². The van der Waals surface area contributed by atoms with Crippen molar-refractivity contribution in [3.05, 3.63) is 0 Å². The Bertz CT molecular complexity index is 309. The normalized spacial score (nSPS) is 25.5. The fraction of sp³-hybridized carbons (Fsp3) is 0.818. The van der Waals surface area contributed by atoms with Crippen molar-refractivity contribution >= 4 is 12.1 Å². The Balaban J connectivity index is 2.62. The van der Waals surface area contributed by atoms with E-state index >= 15 is 0 Å². The van der Waals surface area contributed by atoms with Gasteiger partial charge in [-0.1, -0.05) is 0 Å². The number of carbonyl (C=O) groups is 2. The van der Waals surface area contributed by atoms with Crippen LogP contribution in [0, 0.1) is 5.92 Å². The number of aliphatic hydroxyl groups excluding tert-OH is 1. The maximum Gasteiger partial charge on any atom is 0.410 e. The highest BCUT2D eigenvalue weighted by Crippen LogP contribution is 2.20. The molecule has 1 aliphatic rings. The summed E-state index contributed by atoms with van der Waals surface area (Å²) in [4.78, 5) is 23.9. The first kappa shape index (κ1) is 13.8. The topological polar surface area (TPSA) is 87.1 Å². The van der Waals surface area contributed by atoms with Crippen molar-refractivity contribution in [1.82, 2.24) is 4.90 Å². The van der Waals surface area contributed by atoms with Crippen LogP contribution in [-0.2, 0) is 9.53 Å². The van der Waals surface area contributed by atoms with Crippen molar-refractivity contribution in [1.29, 1.82) is 0 Å². The fourth-order valence-corrected chi connectivity index (χ4v) is 1.67. The zero-order valence-corrected chi connectivity index (χ0v) is 10.3. The van der Waals surface area contributed by atoms with E-state index in [1.807, 2.05) is 0 Å². The van der Waals surface area contributed by atoms with Crippen molar-refractivity contribution in [2.75, 3.05) is 13.1 Å². The van der Waals surface area contributed by atoms with E-state index < -0.39 is 29.7 Å². The molecule has 0 bridgehead atoms. The van der Waals surface area contributed by atoms with E-state index in [2.05, 4.69) is 0 Å². The van der Waals surface area contributed by atoms with Crippen molar-refractivity contribution < 1.29 is 24.5 Å². The van der Waals surface area contributed by atoms with Crippen LogP contribution in [0.5, 0.6) is 0 Å². The van der Waals surface area contributed by atoms with Gasteiger partial charge in [0.25, 0.3) is 0 Å². The molecule has 0 saturated carbocycles. The third-order valence-corrected chi connectivity index (χ3v) is 2.55. The van der Waals surface area contributed by atoms with Crippen LogP contribution in [0.4, 0.5) is 4.79 Å². The minimum absolute atomic E-state index is 0.00852. The highest BCUT2D eigenvalue weighted by molar-refractivity contribution is 5.74. The average molecular weight is 245 g/mol. The first-order valence-electron chi connectivity index (χ1n) is 5.59. The lowest BCUT2D eigenvalue weighted by Gasteiger charge is -2.35. The summed E-state index contributed by atoms with van der Waals surface area (Å²) < 4.78 is 5.15. The van der Waals surface area contributed by atoms with E-state index in [1.165, 1.54) is 4.90 Å². The first-order chi connectivity index (χ1) is 7.70. The molecule has 6 nitrogen and oxygen atoms in total. The molecule has 0 unspecified atom stereocenters. The van der Waals surface area contributed by atoms with Gasteiger partial charge in [0.15, 0.2) is 0 Å². The molecule has 6 heteroatoms. The Labute approximate surface area is 100 Å². The number of rotatable bonds is 1. The van der Waals surface area contributed by atoms with Gasteiger partial charge in [-0.3, -0.25) is 4.79 Å². The quantitative estimate of drug-likeness (QED) is 0.709. The predicted octanol–water partition coefficient (Wildman–Crippen LogP) is 0.689. The minimum atomic E-state index is -1.09. The van der Waals surface area contributed by atoms with Crippen LogP contribution in [0.3, 0.4) is 0 Å². The number of amides is 1. The van der Waals surface area contributed by atoms with Crippen LogP contribution < -0.4 is 0 Å². The van der Waals surface area contributed by atoms with E-state index in [0.29, 0.717) is 6.54 Å². The number of likely N-dealkylation sites (tertiary alicyclic amines) is 1. The summed E-state index contributed by atoms with van der Waals surface area (Å²) in [5.41, 5.74) is -0.605. The highest BCUT2D eigenvalue weighted by atomic mass is 16.6. The van der Waals surface area contributed by atoms with Gasteiger partial charge in [0.1, 0.15) is 11.5 Å². The van der Waals surface area contributed by atoms with Gasteiger partial charge in [-0.05, 0) is 27.2 Å². The Morgan fingerprint density at radius 1 is 1.35 bits per heavy atom. The molecule has 1 amide bonds. The van der Waals surface area contributed by atoms with Gasteiger partial charge in [0.2, 0.25) is 0 Å². The second-order valence-electron chi connectivity index (χ2n) is 5.23. The van der Waals surface area contributed by atoms with E-state index in [4.69, 9.17) is 9.84 Å². The third kappa shape index (κ3) is 3.89. The van der Waals surface area contributed by atoms with E-state index in [0.717, 1.165) is 0 Å². The van der Waals surface area contributed by atoms with Crippen LogP contribution >= 0.6 is 0 Å². The Morgan fingerprint density at radius 2 is 1.94 bits per heavy atom. The summed E-state index contributed by atoms with van der Waals surface area (Å²) in [6, 6.07) is 0. The molecule has 1 fully saturated rings. The molecule has 1 aliphatic heterocycles. The van der Waals surface area contributed by atoms with E-state index in [-0.39, 0.29) is 13.0 Å². The molecule has 1 heterocycles. The monoisotopic (exact) mass is 245 g/mol. The smallest absolute Gasteiger partial charge is 0.410 e. The Morgan fingerprint density at radius 3 is 2.41 bits per heavy atom. The number of carboxylic acids is 1. The maximum absolute atomic E-state index is 11.7. The van der Waals surface area contributed by atoms with Crippen LogP contribution in [0.1, 0.15) is 27.2 Å². The number of carboxylic acid groups (broad SMARTS) is 1. The van der Waals surface area contributed by atoms with E-state index in [1.54, 1.807) is 20.8 Å². The third-order valence-electron chi connectivity index (χ3n) is 2.55. The Hall–Kier alpha value is -1.30. The molecule has 0 aliphatic carbocycles. The number of ether oxygens (including phenoxy) is 1. The molecule has 1 rings (SSSR count). The second kappa shape index (κ2) is 4.91. The van der Waals surface area contributed by atoms with Crippen LogP contribution in [-0.4, -0.2) is 52.0 Å². The van der Waals surface area contributed by atoms with Crippen LogP contribution in [0.2, 0.25) is 0 Å². The van der Waals surface area contributed by atoms with Crippen molar-refractivity contribution in [2.45, 2.75) is 38.9 Å². The number of carbonyl (C=O) groups excluding carboxylic acids is 1. The lowest BCUT2D eigenvalue weighted by atomic mass is 9.95. The number of nitrogens with zero attached hydrogens (tertiary/aromatic N) is 1. The zero-order chi connectivity index (χ0) is 13.2. The number of aliphatic hydroxyl groups is 1. The molecule has 0 aromatic heterocycles. The Kier molecular flexibility index (Phi) is 3.98. The number of aliphatic carboxylic acids is 1. The predicted molar refractivity (Wildman–Crippen MR) is 59.6 cm³/mol. The second-order valence-corrected chi connectivity index (χ2v) is 5.23. The zero-order valence-electron chi connectivity index (χ0n) is 10.3. The summed E-state index contributed by atoms with van der Waals surface area (Å²) >= 11 is 0. The molecule has 2 atom stereocenters.